The Hall–Kier alpha value is -2.14. The summed E-state index contributed by atoms with van der Waals surface area (Å²) < 4.78 is 1.55. The van der Waals surface area contributed by atoms with Crippen molar-refractivity contribution >= 4 is 17.7 Å². The molecule has 0 N–H and O–H groups in total. The van der Waals surface area contributed by atoms with Crippen LogP contribution >= 0.6 is 11.6 Å². The number of aryl methyl sites for hydroxylation is 1. The lowest BCUT2D eigenvalue weighted by molar-refractivity contribution is -0.400. The molecule has 0 unspecified atom stereocenters. The van der Waals surface area contributed by atoms with Crippen molar-refractivity contribution in [1.29, 1.82) is 0 Å². The molecular weight excluding hydrogens is 254 g/mol. The van der Waals surface area contributed by atoms with Gasteiger partial charge in [0, 0.05) is 11.6 Å². The smallest absolute Gasteiger partial charge is 0.235 e. The number of aromatic nitrogens is 2. The quantitative estimate of drug-likeness (QED) is 0.631. The van der Waals surface area contributed by atoms with Gasteiger partial charge in [0.1, 0.15) is 5.15 Å². The zero-order valence-corrected chi connectivity index (χ0v) is 10.3. The third kappa shape index (κ3) is 2.41. The molecule has 0 radical (unpaired) electrons. The summed E-state index contributed by atoms with van der Waals surface area (Å²) in [7, 11) is 0. The van der Waals surface area contributed by atoms with E-state index in [1.807, 2.05) is 30.3 Å². The van der Waals surface area contributed by atoms with Gasteiger partial charge in [0.05, 0.1) is 16.3 Å². The summed E-state index contributed by atoms with van der Waals surface area (Å²) in [5.74, 6) is 0. The maximum absolute atomic E-state index is 10.3. The second-order valence-corrected chi connectivity index (χ2v) is 4.00. The lowest BCUT2D eigenvalue weighted by Crippen LogP contribution is -1.95. The van der Waals surface area contributed by atoms with E-state index in [0.717, 1.165) is 11.9 Å². The van der Waals surface area contributed by atoms with Crippen molar-refractivity contribution in [3.05, 3.63) is 63.1 Å². The number of halogens is 1. The van der Waals surface area contributed by atoms with E-state index in [1.165, 1.54) is 6.08 Å². The number of nitro groups is 1. The molecule has 0 saturated heterocycles. The van der Waals surface area contributed by atoms with Gasteiger partial charge >= 0.3 is 0 Å². The molecule has 6 heteroatoms. The molecule has 1 heterocycles. The Morgan fingerprint density at radius 2 is 2.06 bits per heavy atom. The van der Waals surface area contributed by atoms with Crippen LogP contribution in [0.4, 0.5) is 0 Å². The predicted molar refractivity (Wildman–Crippen MR) is 69.3 cm³/mol. The van der Waals surface area contributed by atoms with E-state index >= 15 is 0 Å². The Labute approximate surface area is 108 Å². The molecule has 0 aliphatic carbocycles. The molecular formula is C12H10ClN3O2. The Morgan fingerprint density at radius 1 is 1.39 bits per heavy atom. The standard InChI is InChI=1S/C12H10ClN3O2/c1-9-11(7-8-15(17)18)12(13)16(14-9)10-5-3-2-4-6-10/h2-8H,1H3. The molecule has 0 saturated carbocycles. The van der Waals surface area contributed by atoms with Crippen molar-refractivity contribution in [3.8, 4) is 5.69 Å². The Kier molecular flexibility index (Phi) is 3.43. The minimum Gasteiger partial charge on any atom is -0.259 e. The topological polar surface area (TPSA) is 61.0 Å². The fraction of sp³-hybridized carbons (Fsp3) is 0.0833. The van der Waals surface area contributed by atoms with Crippen molar-refractivity contribution in [2.24, 2.45) is 0 Å². The van der Waals surface area contributed by atoms with Crippen molar-refractivity contribution in [2.45, 2.75) is 6.92 Å². The molecule has 1 aromatic carbocycles. The normalized spacial score (nSPS) is 11.0. The van der Waals surface area contributed by atoms with E-state index in [0.29, 0.717) is 16.4 Å². The van der Waals surface area contributed by atoms with Crippen molar-refractivity contribution in [3.63, 3.8) is 0 Å². The summed E-state index contributed by atoms with van der Waals surface area (Å²) >= 11 is 6.17. The van der Waals surface area contributed by atoms with E-state index < -0.39 is 4.92 Å². The predicted octanol–water partition coefficient (Wildman–Crippen LogP) is 3.08. The lowest BCUT2D eigenvalue weighted by atomic mass is 10.2. The first-order valence-electron chi connectivity index (χ1n) is 5.22. The largest absolute Gasteiger partial charge is 0.259 e. The zero-order valence-electron chi connectivity index (χ0n) is 9.58. The summed E-state index contributed by atoms with van der Waals surface area (Å²) in [6.07, 6.45) is 2.20. The molecule has 0 atom stereocenters. The summed E-state index contributed by atoms with van der Waals surface area (Å²) in [5, 5.41) is 14.9. The maximum atomic E-state index is 10.3. The highest BCUT2D eigenvalue weighted by molar-refractivity contribution is 6.31. The van der Waals surface area contributed by atoms with Crippen LogP contribution in [0.3, 0.4) is 0 Å². The first kappa shape index (κ1) is 12.3. The third-order valence-corrected chi connectivity index (χ3v) is 2.78. The molecule has 0 spiro atoms. The van der Waals surface area contributed by atoms with Gasteiger partial charge in [0.15, 0.2) is 0 Å². The molecule has 2 rings (SSSR count). The van der Waals surface area contributed by atoms with E-state index in [1.54, 1.807) is 11.6 Å². The minimum absolute atomic E-state index is 0.358. The molecule has 0 bridgehead atoms. The molecule has 0 aliphatic heterocycles. The van der Waals surface area contributed by atoms with Gasteiger partial charge < -0.3 is 0 Å². The summed E-state index contributed by atoms with van der Waals surface area (Å²) in [6.45, 7) is 1.75. The van der Waals surface area contributed by atoms with Gasteiger partial charge in [-0.2, -0.15) is 5.10 Å². The number of rotatable bonds is 3. The van der Waals surface area contributed by atoms with Gasteiger partial charge in [-0.25, -0.2) is 4.68 Å². The monoisotopic (exact) mass is 263 g/mol. The van der Waals surface area contributed by atoms with Crippen LogP contribution in [0.15, 0.2) is 36.5 Å². The average Bonchev–Trinajstić information content (AvgIpc) is 2.63. The van der Waals surface area contributed by atoms with Crippen LogP contribution in [0.25, 0.3) is 11.8 Å². The lowest BCUT2D eigenvalue weighted by Gasteiger charge is -2.01. The van der Waals surface area contributed by atoms with Crippen molar-refractivity contribution < 1.29 is 4.92 Å². The van der Waals surface area contributed by atoms with E-state index in [9.17, 15) is 10.1 Å². The molecule has 18 heavy (non-hydrogen) atoms. The highest BCUT2D eigenvalue weighted by Gasteiger charge is 2.12. The minimum atomic E-state index is -0.532. The first-order chi connectivity index (χ1) is 8.59. The van der Waals surface area contributed by atoms with E-state index in [-0.39, 0.29) is 0 Å². The fourth-order valence-electron chi connectivity index (χ4n) is 1.58. The highest BCUT2D eigenvalue weighted by Crippen LogP contribution is 2.24. The highest BCUT2D eigenvalue weighted by atomic mass is 35.5. The van der Waals surface area contributed by atoms with Crippen LogP contribution in [0.2, 0.25) is 5.15 Å². The van der Waals surface area contributed by atoms with Crippen molar-refractivity contribution in [1.82, 2.24) is 9.78 Å². The van der Waals surface area contributed by atoms with Crippen LogP contribution in [-0.4, -0.2) is 14.7 Å². The summed E-state index contributed by atoms with van der Waals surface area (Å²) in [6, 6.07) is 9.35. The van der Waals surface area contributed by atoms with Crippen molar-refractivity contribution in [2.75, 3.05) is 0 Å². The molecule has 0 aliphatic rings. The Bertz CT molecular complexity index is 605. The summed E-state index contributed by atoms with van der Waals surface area (Å²) in [4.78, 5) is 9.79. The molecule has 1 aromatic heterocycles. The summed E-state index contributed by atoms with van der Waals surface area (Å²) in [5.41, 5.74) is 2.01. The maximum Gasteiger partial charge on any atom is 0.235 e. The van der Waals surface area contributed by atoms with Crippen LogP contribution in [0.5, 0.6) is 0 Å². The number of benzene rings is 1. The average molecular weight is 264 g/mol. The SMILES string of the molecule is Cc1nn(-c2ccccc2)c(Cl)c1C=C[N+](=O)[O-]. The van der Waals surface area contributed by atoms with Gasteiger partial charge in [0.25, 0.3) is 0 Å². The van der Waals surface area contributed by atoms with Gasteiger partial charge in [0.2, 0.25) is 6.20 Å². The van der Waals surface area contributed by atoms with E-state index in [4.69, 9.17) is 11.6 Å². The molecule has 0 fully saturated rings. The second kappa shape index (κ2) is 5.01. The number of hydrogen-bond donors (Lipinski definition) is 0. The third-order valence-electron chi connectivity index (χ3n) is 2.41. The van der Waals surface area contributed by atoms with Crippen LogP contribution < -0.4 is 0 Å². The zero-order chi connectivity index (χ0) is 13.1. The van der Waals surface area contributed by atoms with Crippen LogP contribution in [0, 0.1) is 17.0 Å². The van der Waals surface area contributed by atoms with Gasteiger partial charge in [-0.15, -0.1) is 0 Å². The molecule has 2 aromatic rings. The Morgan fingerprint density at radius 3 is 2.67 bits per heavy atom. The molecule has 5 nitrogen and oxygen atoms in total. The Balaban J connectivity index is 2.47. The van der Waals surface area contributed by atoms with Gasteiger partial charge in [-0.3, -0.25) is 10.1 Å². The van der Waals surface area contributed by atoms with Crippen LogP contribution in [-0.2, 0) is 0 Å². The van der Waals surface area contributed by atoms with Gasteiger partial charge in [-0.05, 0) is 19.1 Å². The van der Waals surface area contributed by atoms with Gasteiger partial charge in [-0.1, -0.05) is 29.8 Å². The number of hydrogen-bond acceptors (Lipinski definition) is 3. The fourth-order valence-corrected chi connectivity index (χ4v) is 1.91. The molecule has 0 amide bonds. The van der Waals surface area contributed by atoms with Crippen LogP contribution in [0.1, 0.15) is 11.3 Å². The van der Waals surface area contributed by atoms with E-state index in [2.05, 4.69) is 5.10 Å². The number of para-hydroxylation sites is 1. The molecule has 92 valence electrons. The first-order valence-corrected chi connectivity index (χ1v) is 5.59. The second-order valence-electron chi connectivity index (χ2n) is 3.64. The number of nitrogens with zero attached hydrogens (tertiary/aromatic N) is 3.